The molecule has 1 rings (SSSR count). The highest BCUT2D eigenvalue weighted by Gasteiger charge is 2.12. The van der Waals surface area contributed by atoms with Crippen molar-refractivity contribution in [1.82, 2.24) is 0 Å². The zero-order chi connectivity index (χ0) is 12.9. The number of sulfonamides is 1. The first-order valence-corrected chi connectivity index (χ1v) is 7.38. The molecule has 0 heterocycles. The molecule has 0 aromatic heterocycles. The van der Waals surface area contributed by atoms with Gasteiger partial charge in [-0.3, -0.25) is 4.72 Å². The maximum atomic E-state index is 11.6. The van der Waals surface area contributed by atoms with E-state index in [0.29, 0.717) is 15.9 Å². The van der Waals surface area contributed by atoms with Crippen molar-refractivity contribution in [3.8, 4) is 5.75 Å². The minimum absolute atomic E-state index is 0.118. The van der Waals surface area contributed by atoms with Crippen LogP contribution in [0.1, 0.15) is 6.42 Å². The van der Waals surface area contributed by atoms with Gasteiger partial charge in [0.25, 0.3) is 0 Å². The lowest BCUT2D eigenvalue weighted by molar-refractivity contribution is 0.295. The van der Waals surface area contributed by atoms with Gasteiger partial charge in [-0.25, -0.2) is 8.42 Å². The summed E-state index contributed by atoms with van der Waals surface area (Å²) in [5.74, 6) is 0.445. The molecule has 0 saturated carbocycles. The predicted molar refractivity (Wildman–Crippen MR) is 69.8 cm³/mol. The average molecular weight is 324 g/mol. The first kappa shape index (κ1) is 14.3. The Labute approximate surface area is 109 Å². The Balaban J connectivity index is 2.87. The number of aliphatic hydroxyl groups is 1. The number of nitrogens with one attached hydrogen (secondary N) is 1. The molecule has 0 aliphatic rings. The summed E-state index contributed by atoms with van der Waals surface area (Å²) in [5.41, 5.74) is 0.419. The van der Waals surface area contributed by atoms with E-state index in [0.717, 1.165) is 0 Å². The Morgan fingerprint density at radius 3 is 2.76 bits per heavy atom. The molecule has 17 heavy (non-hydrogen) atoms. The predicted octanol–water partition coefficient (Wildman–Crippen LogP) is 1.58. The number of ether oxygens (including phenoxy) is 1. The molecule has 7 heteroatoms. The van der Waals surface area contributed by atoms with Crippen LogP contribution in [0.25, 0.3) is 0 Å². The lowest BCUT2D eigenvalue weighted by atomic mass is 10.3. The van der Waals surface area contributed by atoms with Crippen LogP contribution in [0.15, 0.2) is 22.7 Å². The number of anilines is 1. The molecule has 0 amide bonds. The molecule has 0 spiro atoms. The molecule has 0 aliphatic heterocycles. The molecule has 1 aromatic rings. The highest BCUT2D eigenvalue weighted by atomic mass is 79.9. The molecule has 96 valence electrons. The summed E-state index contributed by atoms with van der Waals surface area (Å²) in [4.78, 5) is 0. The van der Waals surface area contributed by atoms with Crippen LogP contribution >= 0.6 is 15.9 Å². The third-order valence-electron chi connectivity index (χ3n) is 2.01. The van der Waals surface area contributed by atoms with E-state index < -0.39 is 10.0 Å². The van der Waals surface area contributed by atoms with E-state index in [1.165, 1.54) is 7.11 Å². The highest BCUT2D eigenvalue weighted by Crippen LogP contribution is 2.27. The Morgan fingerprint density at radius 1 is 1.47 bits per heavy atom. The summed E-state index contributed by atoms with van der Waals surface area (Å²) in [6.45, 7) is -0.153. The Hall–Kier alpha value is -0.790. The largest absolute Gasteiger partial charge is 0.497 e. The van der Waals surface area contributed by atoms with Crippen molar-refractivity contribution >= 4 is 31.6 Å². The van der Waals surface area contributed by atoms with Gasteiger partial charge in [-0.05, 0) is 34.5 Å². The zero-order valence-corrected chi connectivity index (χ0v) is 11.7. The number of rotatable bonds is 6. The minimum Gasteiger partial charge on any atom is -0.497 e. The number of methoxy groups -OCH3 is 1. The van der Waals surface area contributed by atoms with E-state index in [2.05, 4.69) is 20.7 Å². The fourth-order valence-electron chi connectivity index (χ4n) is 1.18. The second kappa shape index (κ2) is 6.23. The van der Waals surface area contributed by atoms with Gasteiger partial charge < -0.3 is 9.84 Å². The third kappa shape index (κ3) is 4.53. The van der Waals surface area contributed by atoms with Crippen LogP contribution in [0, 0.1) is 0 Å². The average Bonchev–Trinajstić information content (AvgIpc) is 2.29. The molecule has 0 atom stereocenters. The highest BCUT2D eigenvalue weighted by molar-refractivity contribution is 9.10. The van der Waals surface area contributed by atoms with E-state index in [-0.39, 0.29) is 18.8 Å². The SMILES string of the molecule is COc1ccc(Br)c(NS(=O)(=O)CCCO)c1. The van der Waals surface area contributed by atoms with Gasteiger partial charge in [0.15, 0.2) is 0 Å². The van der Waals surface area contributed by atoms with E-state index in [9.17, 15) is 8.42 Å². The van der Waals surface area contributed by atoms with Crippen LogP contribution in [0.2, 0.25) is 0 Å². The first-order chi connectivity index (χ1) is 7.98. The molecule has 1 aromatic carbocycles. The molecule has 0 unspecified atom stereocenters. The monoisotopic (exact) mass is 323 g/mol. The second-order valence-electron chi connectivity index (χ2n) is 3.34. The summed E-state index contributed by atoms with van der Waals surface area (Å²) in [6.07, 6.45) is 0.205. The van der Waals surface area contributed by atoms with Crippen LogP contribution in [-0.2, 0) is 10.0 Å². The van der Waals surface area contributed by atoms with E-state index in [1.807, 2.05) is 0 Å². The molecular weight excluding hydrogens is 310 g/mol. The molecule has 2 N–H and O–H groups in total. The first-order valence-electron chi connectivity index (χ1n) is 4.93. The number of aliphatic hydroxyl groups excluding tert-OH is 1. The summed E-state index contributed by atoms with van der Waals surface area (Å²) in [5, 5.41) is 8.61. The summed E-state index contributed by atoms with van der Waals surface area (Å²) in [7, 11) is -1.93. The van der Waals surface area contributed by atoms with Gasteiger partial charge in [0, 0.05) is 17.1 Å². The summed E-state index contributed by atoms with van der Waals surface area (Å²) >= 11 is 3.25. The molecular formula is C10H14BrNO4S. The van der Waals surface area contributed by atoms with Gasteiger partial charge in [-0.1, -0.05) is 0 Å². The smallest absolute Gasteiger partial charge is 0.232 e. The summed E-state index contributed by atoms with van der Waals surface area (Å²) < 4.78 is 31.3. The van der Waals surface area contributed by atoms with E-state index in [1.54, 1.807) is 18.2 Å². The van der Waals surface area contributed by atoms with Crippen LogP contribution < -0.4 is 9.46 Å². The lowest BCUT2D eigenvalue weighted by Crippen LogP contribution is -2.17. The van der Waals surface area contributed by atoms with Crippen molar-refractivity contribution in [3.63, 3.8) is 0 Å². The lowest BCUT2D eigenvalue weighted by Gasteiger charge is -2.10. The fraction of sp³-hybridized carbons (Fsp3) is 0.400. The van der Waals surface area contributed by atoms with Crippen LogP contribution in [0.5, 0.6) is 5.75 Å². The van der Waals surface area contributed by atoms with Gasteiger partial charge in [-0.2, -0.15) is 0 Å². The van der Waals surface area contributed by atoms with Crippen molar-refractivity contribution in [3.05, 3.63) is 22.7 Å². The molecule has 0 radical (unpaired) electrons. The third-order valence-corrected chi connectivity index (χ3v) is 4.06. The van der Waals surface area contributed by atoms with Gasteiger partial charge >= 0.3 is 0 Å². The number of hydrogen-bond acceptors (Lipinski definition) is 4. The molecule has 0 saturated heterocycles. The van der Waals surface area contributed by atoms with Gasteiger partial charge in [0.2, 0.25) is 10.0 Å². The molecule has 0 fully saturated rings. The summed E-state index contributed by atoms with van der Waals surface area (Å²) in [6, 6.07) is 5.00. The van der Waals surface area contributed by atoms with Crippen molar-refractivity contribution in [2.75, 3.05) is 24.2 Å². The Kier molecular flexibility index (Phi) is 5.23. The minimum atomic E-state index is -3.44. The quantitative estimate of drug-likeness (QED) is 0.833. The van der Waals surface area contributed by atoms with Crippen molar-refractivity contribution in [1.29, 1.82) is 0 Å². The van der Waals surface area contributed by atoms with E-state index in [4.69, 9.17) is 9.84 Å². The molecule has 5 nitrogen and oxygen atoms in total. The van der Waals surface area contributed by atoms with Gasteiger partial charge in [0.05, 0.1) is 18.6 Å². The van der Waals surface area contributed by atoms with Crippen molar-refractivity contribution in [2.45, 2.75) is 6.42 Å². The number of hydrogen-bond donors (Lipinski definition) is 2. The van der Waals surface area contributed by atoms with Crippen molar-refractivity contribution < 1.29 is 18.3 Å². The van der Waals surface area contributed by atoms with Crippen LogP contribution in [0.3, 0.4) is 0 Å². The topological polar surface area (TPSA) is 75.6 Å². The maximum absolute atomic E-state index is 11.6. The van der Waals surface area contributed by atoms with Gasteiger partial charge in [0.1, 0.15) is 5.75 Å². The standard InChI is InChI=1S/C10H14BrNO4S/c1-16-8-3-4-9(11)10(7-8)12-17(14,15)6-2-5-13/h3-4,7,12-13H,2,5-6H2,1H3. The van der Waals surface area contributed by atoms with Crippen LogP contribution in [-0.4, -0.2) is 33.0 Å². The molecule has 0 bridgehead atoms. The van der Waals surface area contributed by atoms with Crippen LogP contribution in [0.4, 0.5) is 5.69 Å². The zero-order valence-electron chi connectivity index (χ0n) is 9.31. The molecule has 0 aliphatic carbocycles. The fourth-order valence-corrected chi connectivity index (χ4v) is 2.77. The second-order valence-corrected chi connectivity index (χ2v) is 6.04. The van der Waals surface area contributed by atoms with E-state index >= 15 is 0 Å². The number of halogens is 1. The normalized spacial score (nSPS) is 11.2. The Morgan fingerprint density at radius 2 is 2.18 bits per heavy atom. The Bertz CT molecular complexity index is 475. The van der Waals surface area contributed by atoms with Gasteiger partial charge in [-0.15, -0.1) is 0 Å². The van der Waals surface area contributed by atoms with Crippen molar-refractivity contribution in [2.24, 2.45) is 0 Å². The number of benzene rings is 1. The maximum Gasteiger partial charge on any atom is 0.232 e.